The van der Waals surface area contributed by atoms with Crippen molar-refractivity contribution < 1.29 is 14.7 Å². The highest BCUT2D eigenvalue weighted by Gasteiger charge is 2.38. The van der Waals surface area contributed by atoms with Gasteiger partial charge in [0.2, 0.25) is 5.91 Å². The monoisotopic (exact) mass is 325 g/mol. The lowest BCUT2D eigenvalue weighted by Crippen LogP contribution is -2.48. The summed E-state index contributed by atoms with van der Waals surface area (Å²) in [5, 5.41) is 12.0. The maximum Gasteiger partial charge on any atom is 0.326 e. The summed E-state index contributed by atoms with van der Waals surface area (Å²) in [6.07, 6.45) is 9.02. The average molecular weight is 325 g/mol. The van der Waals surface area contributed by atoms with Gasteiger partial charge in [0.15, 0.2) is 0 Å². The average Bonchev–Trinajstić information content (AvgIpc) is 2.48. The molecule has 0 spiro atoms. The highest BCUT2D eigenvalue weighted by atomic mass is 16.4. The molecule has 0 aliphatic heterocycles. The Balaban J connectivity index is 2.45. The van der Waals surface area contributed by atoms with Crippen LogP contribution in [0, 0.1) is 17.3 Å². The van der Waals surface area contributed by atoms with Gasteiger partial charge in [-0.05, 0) is 43.9 Å². The molecule has 23 heavy (non-hydrogen) atoms. The summed E-state index contributed by atoms with van der Waals surface area (Å²) in [6.45, 7) is 8.46. The van der Waals surface area contributed by atoms with Gasteiger partial charge in [-0.15, -0.1) is 0 Å². The molecule has 1 aliphatic rings. The van der Waals surface area contributed by atoms with Crippen LogP contribution in [0.3, 0.4) is 0 Å². The van der Waals surface area contributed by atoms with Crippen molar-refractivity contribution in [3.63, 3.8) is 0 Å². The number of amides is 1. The van der Waals surface area contributed by atoms with E-state index in [-0.39, 0.29) is 5.91 Å². The molecule has 1 atom stereocenters. The van der Waals surface area contributed by atoms with Crippen LogP contribution in [0.1, 0.15) is 85.5 Å². The van der Waals surface area contributed by atoms with Crippen LogP contribution < -0.4 is 5.32 Å². The van der Waals surface area contributed by atoms with E-state index in [4.69, 9.17) is 0 Å². The van der Waals surface area contributed by atoms with E-state index in [9.17, 15) is 14.7 Å². The Morgan fingerprint density at radius 2 is 1.83 bits per heavy atom. The van der Waals surface area contributed by atoms with Gasteiger partial charge in [-0.1, -0.05) is 53.4 Å². The third kappa shape index (κ3) is 6.52. The minimum absolute atomic E-state index is 0.0704. The van der Waals surface area contributed by atoms with Crippen molar-refractivity contribution in [1.29, 1.82) is 0 Å². The first-order chi connectivity index (χ1) is 10.8. The Morgan fingerprint density at radius 1 is 1.22 bits per heavy atom. The number of carbonyl (C=O) groups excluding carboxylic acids is 1. The number of carbonyl (C=O) groups is 2. The fourth-order valence-electron chi connectivity index (χ4n) is 3.52. The number of nitrogens with one attached hydrogen (secondary N) is 1. The molecule has 0 saturated heterocycles. The molecule has 0 aromatic carbocycles. The van der Waals surface area contributed by atoms with Crippen LogP contribution in [-0.2, 0) is 9.59 Å². The van der Waals surface area contributed by atoms with Gasteiger partial charge in [-0.25, -0.2) is 4.79 Å². The molecule has 0 aromatic rings. The number of carboxylic acid groups (broad SMARTS) is 1. The van der Waals surface area contributed by atoms with E-state index in [0.29, 0.717) is 6.42 Å². The highest BCUT2D eigenvalue weighted by molar-refractivity contribution is 5.87. The lowest BCUT2D eigenvalue weighted by molar-refractivity contribution is -0.144. The molecule has 0 bridgehead atoms. The molecule has 0 aromatic heterocycles. The summed E-state index contributed by atoms with van der Waals surface area (Å²) >= 11 is 0. The highest BCUT2D eigenvalue weighted by Crippen LogP contribution is 2.40. The van der Waals surface area contributed by atoms with Crippen LogP contribution in [0.2, 0.25) is 0 Å². The first kappa shape index (κ1) is 20.0. The van der Waals surface area contributed by atoms with Crippen molar-refractivity contribution in [2.75, 3.05) is 0 Å². The van der Waals surface area contributed by atoms with E-state index in [2.05, 4.69) is 19.2 Å². The molecule has 4 nitrogen and oxygen atoms in total. The van der Waals surface area contributed by atoms with E-state index < -0.39 is 17.4 Å². The summed E-state index contributed by atoms with van der Waals surface area (Å²) in [6, 6.07) is -0.743. The predicted octanol–water partition coefficient (Wildman–Crippen LogP) is 4.38. The summed E-state index contributed by atoms with van der Waals surface area (Å²) in [4.78, 5) is 23.8. The fraction of sp³-hybridized carbons (Fsp3) is 0.895. The van der Waals surface area contributed by atoms with Crippen LogP contribution in [-0.4, -0.2) is 23.0 Å². The summed E-state index contributed by atoms with van der Waals surface area (Å²) in [5.74, 6) is 0.506. The SMILES string of the molecule is CCCC(NC(=O)[C@]1(C)CC[C@@H](CCCC(C)C)CC1)C(=O)O. The first-order valence-electron chi connectivity index (χ1n) is 9.32. The number of hydrogen-bond donors (Lipinski definition) is 2. The zero-order valence-corrected chi connectivity index (χ0v) is 15.4. The molecule has 1 fully saturated rings. The van der Waals surface area contributed by atoms with E-state index in [1.807, 2.05) is 13.8 Å². The van der Waals surface area contributed by atoms with E-state index >= 15 is 0 Å². The van der Waals surface area contributed by atoms with Gasteiger partial charge < -0.3 is 10.4 Å². The molecule has 2 N–H and O–H groups in total. The van der Waals surface area contributed by atoms with Crippen molar-refractivity contribution in [1.82, 2.24) is 5.32 Å². The minimum atomic E-state index is -0.925. The van der Waals surface area contributed by atoms with Crippen LogP contribution in [0.15, 0.2) is 0 Å². The molecule has 1 aliphatic carbocycles. The van der Waals surface area contributed by atoms with E-state index in [1.165, 1.54) is 19.3 Å². The van der Waals surface area contributed by atoms with Gasteiger partial charge in [0.05, 0.1) is 0 Å². The van der Waals surface area contributed by atoms with Crippen molar-refractivity contribution in [3.05, 3.63) is 0 Å². The zero-order valence-electron chi connectivity index (χ0n) is 15.4. The predicted molar refractivity (Wildman–Crippen MR) is 93.2 cm³/mol. The zero-order chi connectivity index (χ0) is 17.5. The Labute approximate surface area is 141 Å². The van der Waals surface area contributed by atoms with Gasteiger partial charge >= 0.3 is 5.97 Å². The first-order valence-corrected chi connectivity index (χ1v) is 9.32. The molecule has 1 amide bonds. The molecule has 134 valence electrons. The molecule has 1 saturated carbocycles. The third-order valence-corrected chi connectivity index (χ3v) is 5.33. The van der Waals surface area contributed by atoms with Crippen molar-refractivity contribution in [3.8, 4) is 0 Å². The normalized spacial score (nSPS) is 26.0. The Bertz CT molecular complexity index is 384. The largest absolute Gasteiger partial charge is 0.480 e. The number of carboxylic acids is 1. The lowest BCUT2D eigenvalue weighted by Gasteiger charge is -2.37. The van der Waals surface area contributed by atoms with Gasteiger partial charge in [0.1, 0.15) is 6.04 Å². The van der Waals surface area contributed by atoms with Crippen molar-refractivity contribution in [2.24, 2.45) is 17.3 Å². The van der Waals surface area contributed by atoms with Crippen LogP contribution in [0.25, 0.3) is 0 Å². The lowest BCUT2D eigenvalue weighted by atomic mass is 9.70. The summed E-state index contributed by atoms with van der Waals surface area (Å²) < 4.78 is 0. The molecule has 4 heteroatoms. The van der Waals surface area contributed by atoms with Gasteiger partial charge in [-0.2, -0.15) is 0 Å². The Hall–Kier alpha value is -1.06. The minimum Gasteiger partial charge on any atom is -0.480 e. The standard InChI is InChI=1S/C19H35NO3/c1-5-7-16(17(21)22)20-18(23)19(4)12-10-15(11-13-19)9-6-8-14(2)3/h14-16H,5-13H2,1-4H3,(H,20,23)(H,21,22)/t15-,16?,19-. The third-order valence-electron chi connectivity index (χ3n) is 5.33. The Kier molecular flexibility index (Phi) is 8.07. The quantitative estimate of drug-likeness (QED) is 0.661. The summed E-state index contributed by atoms with van der Waals surface area (Å²) in [5.41, 5.74) is -0.393. The molecule has 0 radical (unpaired) electrons. The van der Waals surface area contributed by atoms with Crippen molar-refractivity contribution >= 4 is 11.9 Å². The maximum atomic E-state index is 12.5. The van der Waals surface area contributed by atoms with E-state index in [0.717, 1.165) is 43.9 Å². The molecule has 1 unspecified atom stereocenters. The fourth-order valence-corrected chi connectivity index (χ4v) is 3.52. The smallest absolute Gasteiger partial charge is 0.326 e. The van der Waals surface area contributed by atoms with Crippen LogP contribution >= 0.6 is 0 Å². The number of aliphatic carboxylic acids is 1. The number of hydrogen-bond acceptors (Lipinski definition) is 2. The van der Waals surface area contributed by atoms with Crippen LogP contribution in [0.4, 0.5) is 0 Å². The van der Waals surface area contributed by atoms with Gasteiger partial charge in [0, 0.05) is 5.41 Å². The van der Waals surface area contributed by atoms with E-state index in [1.54, 1.807) is 0 Å². The second-order valence-corrected chi connectivity index (χ2v) is 7.98. The molecule has 0 heterocycles. The molecular formula is C19H35NO3. The van der Waals surface area contributed by atoms with Gasteiger partial charge in [0.25, 0.3) is 0 Å². The topological polar surface area (TPSA) is 66.4 Å². The summed E-state index contributed by atoms with van der Waals surface area (Å²) in [7, 11) is 0. The second kappa shape index (κ2) is 9.29. The Morgan fingerprint density at radius 3 is 2.30 bits per heavy atom. The van der Waals surface area contributed by atoms with Crippen LogP contribution in [0.5, 0.6) is 0 Å². The molecular weight excluding hydrogens is 290 g/mol. The molecule has 1 rings (SSSR count). The number of rotatable bonds is 9. The van der Waals surface area contributed by atoms with Gasteiger partial charge in [-0.3, -0.25) is 4.79 Å². The van der Waals surface area contributed by atoms with Crippen molar-refractivity contribution in [2.45, 2.75) is 91.5 Å². The maximum absolute atomic E-state index is 12.5. The second-order valence-electron chi connectivity index (χ2n) is 7.98.